The topological polar surface area (TPSA) is 32.3 Å². The summed E-state index contributed by atoms with van der Waals surface area (Å²) in [4.78, 5) is 0. The maximum absolute atomic E-state index is 8.98. The van der Waals surface area contributed by atoms with Crippen molar-refractivity contribution in [3.05, 3.63) is 0 Å². The van der Waals surface area contributed by atoms with Crippen molar-refractivity contribution in [1.82, 2.24) is 5.32 Å². The summed E-state index contributed by atoms with van der Waals surface area (Å²) in [6.07, 6.45) is 1.71. The fourth-order valence-electron chi connectivity index (χ4n) is 0.695. The van der Waals surface area contributed by atoms with Crippen LogP contribution in [0.25, 0.3) is 0 Å². The molecule has 0 aliphatic carbocycles. The lowest BCUT2D eigenvalue weighted by molar-refractivity contribution is 0.168. The first kappa shape index (κ1) is 9.92. The van der Waals surface area contributed by atoms with Gasteiger partial charge >= 0.3 is 0 Å². The Morgan fingerprint density at radius 2 is 2.00 bits per heavy atom. The third kappa shape index (κ3) is 4.77. The van der Waals surface area contributed by atoms with E-state index in [-0.39, 0.29) is 11.6 Å². The molecule has 2 nitrogen and oxygen atoms in total. The smallest absolute Gasteiger partial charge is 0.0512 e. The Bertz CT molecular complexity index is 89.3. The summed E-state index contributed by atoms with van der Waals surface area (Å²) in [5.74, 6) is 0. The van der Waals surface area contributed by atoms with Gasteiger partial charge in [-0.15, -0.1) is 0 Å². The van der Waals surface area contributed by atoms with Crippen molar-refractivity contribution in [2.75, 3.05) is 7.05 Å². The molecular formula is C8H19NO. The minimum Gasteiger partial charge on any atom is -0.393 e. The van der Waals surface area contributed by atoms with Crippen LogP contribution in [0, 0.1) is 0 Å². The van der Waals surface area contributed by atoms with Crippen LogP contribution in [0.1, 0.15) is 33.6 Å². The number of hydrogen-bond acceptors (Lipinski definition) is 2. The maximum atomic E-state index is 8.98. The average Bonchev–Trinajstić information content (AvgIpc) is 1.85. The van der Waals surface area contributed by atoms with Gasteiger partial charge in [-0.2, -0.15) is 0 Å². The summed E-state index contributed by atoms with van der Waals surface area (Å²) in [5.41, 5.74) is 0.164. The molecule has 0 saturated carbocycles. The van der Waals surface area contributed by atoms with E-state index in [4.69, 9.17) is 5.11 Å². The van der Waals surface area contributed by atoms with E-state index >= 15 is 0 Å². The molecule has 2 heteroatoms. The van der Waals surface area contributed by atoms with Gasteiger partial charge in [-0.05, 0) is 40.7 Å². The van der Waals surface area contributed by atoms with Gasteiger partial charge in [0.2, 0.25) is 0 Å². The van der Waals surface area contributed by atoms with E-state index in [9.17, 15) is 0 Å². The number of aliphatic hydroxyl groups is 1. The van der Waals surface area contributed by atoms with E-state index in [2.05, 4.69) is 19.2 Å². The van der Waals surface area contributed by atoms with Gasteiger partial charge in [0, 0.05) is 5.54 Å². The van der Waals surface area contributed by atoms with Gasteiger partial charge in [-0.3, -0.25) is 0 Å². The highest BCUT2D eigenvalue weighted by molar-refractivity contribution is 4.75. The van der Waals surface area contributed by atoms with Gasteiger partial charge in [-0.25, -0.2) is 0 Å². The molecule has 1 atom stereocenters. The summed E-state index contributed by atoms with van der Waals surface area (Å²) in [6.45, 7) is 6.09. The van der Waals surface area contributed by atoms with Crippen LogP contribution < -0.4 is 5.32 Å². The predicted molar refractivity (Wildman–Crippen MR) is 44.1 cm³/mol. The Kier molecular flexibility index (Phi) is 3.91. The van der Waals surface area contributed by atoms with Crippen molar-refractivity contribution in [3.8, 4) is 0 Å². The van der Waals surface area contributed by atoms with Crippen LogP contribution in [0.15, 0.2) is 0 Å². The summed E-state index contributed by atoms with van der Waals surface area (Å²) >= 11 is 0. The zero-order valence-electron chi connectivity index (χ0n) is 7.44. The Balaban J connectivity index is 3.46. The molecule has 0 bridgehead atoms. The maximum Gasteiger partial charge on any atom is 0.0512 e. The molecule has 0 rings (SSSR count). The van der Waals surface area contributed by atoms with E-state index in [1.165, 1.54) is 0 Å². The van der Waals surface area contributed by atoms with Gasteiger partial charge in [0.25, 0.3) is 0 Å². The highest BCUT2D eigenvalue weighted by Crippen LogP contribution is 2.11. The fourth-order valence-corrected chi connectivity index (χ4v) is 0.695. The van der Waals surface area contributed by atoms with Gasteiger partial charge < -0.3 is 10.4 Å². The first-order valence-electron chi connectivity index (χ1n) is 3.85. The zero-order valence-corrected chi connectivity index (χ0v) is 7.44. The molecule has 62 valence electrons. The van der Waals surface area contributed by atoms with Crippen molar-refractivity contribution < 1.29 is 5.11 Å². The highest BCUT2D eigenvalue weighted by Gasteiger charge is 2.14. The highest BCUT2D eigenvalue weighted by atomic mass is 16.3. The molecule has 0 heterocycles. The first-order chi connectivity index (χ1) is 4.48. The third-order valence-electron chi connectivity index (χ3n) is 1.86. The summed E-state index contributed by atoms with van der Waals surface area (Å²) in [7, 11) is 1.95. The van der Waals surface area contributed by atoms with Crippen LogP contribution >= 0.6 is 0 Å². The van der Waals surface area contributed by atoms with E-state index in [1.807, 2.05) is 14.0 Å². The quantitative estimate of drug-likeness (QED) is 0.622. The third-order valence-corrected chi connectivity index (χ3v) is 1.86. The second-order valence-electron chi connectivity index (χ2n) is 3.52. The van der Waals surface area contributed by atoms with Crippen LogP contribution in [0.5, 0.6) is 0 Å². The normalized spacial score (nSPS) is 15.3. The van der Waals surface area contributed by atoms with Crippen LogP contribution in [-0.4, -0.2) is 23.8 Å². The van der Waals surface area contributed by atoms with E-state index in [0.29, 0.717) is 0 Å². The molecule has 0 radical (unpaired) electrons. The summed E-state index contributed by atoms with van der Waals surface area (Å²) in [6, 6.07) is 0. The lowest BCUT2D eigenvalue weighted by atomic mass is 9.97. The molecule has 0 amide bonds. The van der Waals surface area contributed by atoms with E-state index in [1.54, 1.807) is 0 Å². The monoisotopic (exact) mass is 145 g/mol. The number of aliphatic hydroxyl groups excluding tert-OH is 1. The Morgan fingerprint density at radius 1 is 1.50 bits per heavy atom. The first-order valence-corrected chi connectivity index (χ1v) is 3.85. The van der Waals surface area contributed by atoms with Gasteiger partial charge in [-0.1, -0.05) is 0 Å². The lowest BCUT2D eigenvalue weighted by Crippen LogP contribution is -2.36. The van der Waals surface area contributed by atoms with Crippen molar-refractivity contribution in [1.29, 1.82) is 0 Å². The molecule has 0 fully saturated rings. The minimum absolute atomic E-state index is 0.164. The molecule has 0 aromatic heterocycles. The summed E-state index contributed by atoms with van der Waals surface area (Å²) in [5, 5.41) is 12.2. The average molecular weight is 145 g/mol. The van der Waals surface area contributed by atoms with Crippen LogP contribution in [0.2, 0.25) is 0 Å². The Labute approximate surface area is 63.6 Å². The zero-order chi connectivity index (χ0) is 8.20. The van der Waals surface area contributed by atoms with Crippen molar-refractivity contribution in [3.63, 3.8) is 0 Å². The van der Waals surface area contributed by atoms with Gasteiger partial charge in [0.1, 0.15) is 0 Å². The molecule has 0 aliphatic heterocycles. The lowest BCUT2D eigenvalue weighted by Gasteiger charge is -2.24. The largest absolute Gasteiger partial charge is 0.393 e. The van der Waals surface area contributed by atoms with Crippen molar-refractivity contribution >= 4 is 0 Å². The molecule has 1 unspecified atom stereocenters. The molecule has 0 saturated heterocycles. The molecule has 10 heavy (non-hydrogen) atoms. The SMILES string of the molecule is CNC(C)(C)CCC(C)O. The predicted octanol–water partition coefficient (Wildman–Crippen LogP) is 1.15. The minimum atomic E-state index is -0.173. The van der Waals surface area contributed by atoms with Crippen molar-refractivity contribution in [2.24, 2.45) is 0 Å². The number of hydrogen-bond donors (Lipinski definition) is 2. The van der Waals surface area contributed by atoms with Gasteiger partial charge in [0.05, 0.1) is 6.10 Å². The second-order valence-corrected chi connectivity index (χ2v) is 3.52. The standard InChI is InChI=1S/C8H19NO/c1-7(10)5-6-8(2,3)9-4/h7,9-10H,5-6H2,1-4H3. The fraction of sp³-hybridized carbons (Fsp3) is 1.00. The second kappa shape index (κ2) is 3.94. The Hall–Kier alpha value is -0.0800. The molecule has 0 aromatic rings. The molecule has 0 aromatic carbocycles. The molecular weight excluding hydrogens is 126 g/mol. The Morgan fingerprint density at radius 3 is 2.30 bits per heavy atom. The van der Waals surface area contributed by atoms with E-state index < -0.39 is 0 Å². The van der Waals surface area contributed by atoms with Crippen LogP contribution in [0.4, 0.5) is 0 Å². The molecule has 2 N–H and O–H groups in total. The molecule has 0 aliphatic rings. The van der Waals surface area contributed by atoms with Crippen molar-refractivity contribution in [2.45, 2.75) is 45.3 Å². The van der Waals surface area contributed by atoms with E-state index in [0.717, 1.165) is 12.8 Å². The number of nitrogens with one attached hydrogen (secondary N) is 1. The van der Waals surface area contributed by atoms with Gasteiger partial charge in [0.15, 0.2) is 0 Å². The molecule has 0 spiro atoms. The number of rotatable bonds is 4. The van der Waals surface area contributed by atoms with Crippen LogP contribution in [0.3, 0.4) is 0 Å². The van der Waals surface area contributed by atoms with Crippen LogP contribution in [-0.2, 0) is 0 Å². The summed E-state index contributed by atoms with van der Waals surface area (Å²) < 4.78 is 0.